The Hall–Kier alpha value is -2.08. The number of fused-ring (bicyclic) bond motifs is 1. The summed E-state index contributed by atoms with van der Waals surface area (Å²) in [5.74, 6) is 0.441. The summed E-state index contributed by atoms with van der Waals surface area (Å²) < 4.78 is 5.12. The third-order valence-electron chi connectivity index (χ3n) is 3.37. The van der Waals surface area contributed by atoms with E-state index >= 15 is 0 Å². The second kappa shape index (κ2) is 6.79. The molecule has 2 atom stereocenters. The molecule has 114 valence electrons. The average molecular weight is 315 g/mol. The van der Waals surface area contributed by atoms with Crippen LogP contribution in [0.5, 0.6) is 0 Å². The van der Waals surface area contributed by atoms with E-state index < -0.39 is 6.04 Å². The summed E-state index contributed by atoms with van der Waals surface area (Å²) in [6.07, 6.45) is 5.94. The molecular weight excluding hydrogens is 298 g/mol. The number of hydrogen-bond donors (Lipinski definition) is 0. The summed E-state index contributed by atoms with van der Waals surface area (Å²) >= 11 is 1.71. The van der Waals surface area contributed by atoms with Crippen LogP contribution >= 0.6 is 11.8 Å². The Morgan fingerprint density at radius 1 is 1.41 bits per heavy atom. The average Bonchev–Trinajstić information content (AvgIpc) is 2.56. The van der Waals surface area contributed by atoms with E-state index in [4.69, 9.17) is 4.74 Å². The van der Waals surface area contributed by atoms with Crippen molar-refractivity contribution in [1.29, 1.82) is 0 Å². The fraction of sp³-hybridized carbons (Fsp3) is 0.312. The van der Waals surface area contributed by atoms with Crippen molar-refractivity contribution in [2.75, 3.05) is 6.61 Å². The zero-order chi connectivity index (χ0) is 15.4. The third kappa shape index (κ3) is 3.22. The highest BCUT2D eigenvalue weighted by Crippen LogP contribution is 2.33. The Morgan fingerprint density at radius 3 is 3.00 bits per heavy atom. The van der Waals surface area contributed by atoms with E-state index in [1.807, 2.05) is 24.4 Å². The number of nitrogens with zero attached hydrogens (tertiary/aromatic N) is 3. The first kappa shape index (κ1) is 14.8. The molecule has 0 aliphatic carbocycles. The Morgan fingerprint density at radius 2 is 2.23 bits per heavy atom. The Balaban J connectivity index is 1.83. The lowest BCUT2D eigenvalue weighted by Crippen LogP contribution is -2.45. The highest BCUT2D eigenvalue weighted by atomic mass is 32.2. The third-order valence-corrected chi connectivity index (χ3v) is 4.60. The van der Waals surface area contributed by atoms with Crippen molar-refractivity contribution in [3.63, 3.8) is 0 Å². The van der Waals surface area contributed by atoms with Crippen LogP contribution in [0.4, 0.5) is 0 Å². The van der Waals surface area contributed by atoms with Gasteiger partial charge in [0.2, 0.25) is 0 Å². The minimum Gasteiger partial charge on any atom is -0.464 e. The molecule has 0 radical (unpaired) electrons. The van der Waals surface area contributed by atoms with Gasteiger partial charge in [-0.05, 0) is 19.1 Å². The van der Waals surface area contributed by atoms with Crippen molar-refractivity contribution in [1.82, 2.24) is 4.90 Å². The predicted molar refractivity (Wildman–Crippen MR) is 88.0 cm³/mol. The molecular formula is C16H17N3O2S. The first-order valence-electron chi connectivity index (χ1n) is 7.22. The number of benzene rings is 1. The fourth-order valence-corrected chi connectivity index (χ4v) is 3.57. The van der Waals surface area contributed by atoms with Crippen LogP contribution in [0.25, 0.3) is 0 Å². The summed E-state index contributed by atoms with van der Waals surface area (Å²) in [4.78, 5) is 23.8. The standard InChI is InChI=1S/C16H17N3O2S/c1-2-21-16(20)13-10-15(22-12-6-4-3-5-7-12)19-9-8-17-11-14(19)18-13/h3-9,11,13,15H,2,10H2,1H3. The Bertz CT molecular complexity index is 628. The lowest BCUT2D eigenvalue weighted by Gasteiger charge is -2.36. The number of ether oxygens (including phenoxy) is 1. The van der Waals surface area contributed by atoms with Gasteiger partial charge < -0.3 is 9.64 Å². The fourth-order valence-electron chi connectivity index (χ4n) is 2.37. The van der Waals surface area contributed by atoms with Crippen LogP contribution < -0.4 is 0 Å². The summed E-state index contributed by atoms with van der Waals surface area (Å²) in [6, 6.07) is 9.68. The van der Waals surface area contributed by atoms with Crippen molar-refractivity contribution >= 4 is 29.8 Å². The molecule has 1 aromatic rings. The van der Waals surface area contributed by atoms with Crippen LogP contribution in [0.2, 0.25) is 0 Å². The van der Waals surface area contributed by atoms with Crippen LogP contribution in [0.15, 0.2) is 57.6 Å². The number of amidine groups is 1. The van der Waals surface area contributed by atoms with E-state index in [0.29, 0.717) is 18.9 Å². The monoisotopic (exact) mass is 315 g/mol. The molecule has 0 aromatic heterocycles. The zero-order valence-corrected chi connectivity index (χ0v) is 13.1. The van der Waals surface area contributed by atoms with Crippen molar-refractivity contribution in [2.45, 2.75) is 29.7 Å². The van der Waals surface area contributed by atoms with Crippen LogP contribution in [0.3, 0.4) is 0 Å². The van der Waals surface area contributed by atoms with Gasteiger partial charge in [-0.3, -0.25) is 9.98 Å². The van der Waals surface area contributed by atoms with Gasteiger partial charge in [0, 0.05) is 23.7 Å². The quantitative estimate of drug-likeness (QED) is 0.802. The molecule has 6 heteroatoms. The number of carbonyl (C=O) groups excluding carboxylic acids is 1. The number of esters is 1. The molecule has 0 bridgehead atoms. The molecule has 0 saturated carbocycles. The molecule has 0 saturated heterocycles. The first-order chi connectivity index (χ1) is 10.8. The largest absolute Gasteiger partial charge is 0.464 e. The first-order valence-corrected chi connectivity index (χ1v) is 8.10. The SMILES string of the molecule is CCOC(=O)C1CC(Sc2ccccc2)N2C=CN=CC2=N1. The lowest BCUT2D eigenvalue weighted by molar-refractivity contribution is -0.145. The molecule has 1 aromatic carbocycles. The molecule has 3 rings (SSSR count). The molecule has 0 fully saturated rings. The van der Waals surface area contributed by atoms with Gasteiger partial charge in [-0.2, -0.15) is 0 Å². The van der Waals surface area contributed by atoms with Gasteiger partial charge in [0.25, 0.3) is 0 Å². The highest BCUT2D eigenvalue weighted by Gasteiger charge is 2.34. The molecule has 0 N–H and O–H groups in total. The van der Waals surface area contributed by atoms with E-state index in [9.17, 15) is 4.79 Å². The lowest BCUT2D eigenvalue weighted by atomic mass is 10.1. The normalized spacial score (nSPS) is 23.0. The van der Waals surface area contributed by atoms with E-state index in [1.54, 1.807) is 31.1 Å². The van der Waals surface area contributed by atoms with Crippen molar-refractivity contribution < 1.29 is 9.53 Å². The van der Waals surface area contributed by atoms with Crippen LogP contribution in [-0.2, 0) is 9.53 Å². The Labute approximate surface area is 133 Å². The summed E-state index contributed by atoms with van der Waals surface area (Å²) in [5, 5.41) is 0.0901. The minimum absolute atomic E-state index is 0.0901. The van der Waals surface area contributed by atoms with Gasteiger partial charge in [-0.15, -0.1) is 11.8 Å². The maximum atomic E-state index is 12.1. The summed E-state index contributed by atoms with van der Waals surface area (Å²) in [6.45, 7) is 2.18. The van der Waals surface area contributed by atoms with Crippen LogP contribution in [0, 0.1) is 0 Å². The maximum Gasteiger partial charge on any atom is 0.331 e. The van der Waals surface area contributed by atoms with Crippen molar-refractivity contribution in [2.24, 2.45) is 9.98 Å². The molecule has 2 heterocycles. The van der Waals surface area contributed by atoms with Gasteiger partial charge >= 0.3 is 5.97 Å². The van der Waals surface area contributed by atoms with Gasteiger partial charge in [0.05, 0.1) is 18.2 Å². The number of thioether (sulfide) groups is 1. The molecule has 2 aliphatic heterocycles. The van der Waals surface area contributed by atoms with E-state index in [-0.39, 0.29) is 11.3 Å². The van der Waals surface area contributed by atoms with Gasteiger partial charge in [-0.25, -0.2) is 4.79 Å². The molecule has 22 heavy (non-hydrogen) atoms. The number of hydrogen-bond acceptors (Lipinski definition) is 6. The summed E-state index contributed by atoms with van der Waals surface area (Å²) in [5.41, 5.74) is 0. The molecule has 0 spiro atoms. The number of aliphatic imine (C=N–C) groups is 2. The predicted octanol–water partition coefficient (Wildman–Crippen LogP) is 2.70. The zero-order valence-electron chi connectivity index (χ0n) is 12.3. The van der Waals surface area contributed by atoms with Crippen LogP contribution in [-0.4, -0.2) is 40.9 Å². The molecule has 0 amide bonds. The second-order valence-electron chi connectivity index (χ2n) is 4.86. The number of rotatable bonds is 4. The van der Waals surface area contributed by atoms with E-state index in [0.717, 1.165) is 4.90 Å². The van der Waals surface area contributed by atoms with Crippen molar-refractivity contribution in [3.8, 4) is 0 Å². The molecule has 2 unspecified atom stereocenters. The molecule has 2 aliphatic rings. The second-order valence-corrected chi connectivity index (χ2v) is 6.11. The van der Waals surface area contributed by atoms with Gasteiger partial charge in [0.1, 0.15) is 5.84 Å². The number of carbonyl (C=O) groups is 1. The Kier molecular flexibility index (Phi) is 4.58. The van der Waals surface area contributed by atoms with Gasteiger partial charge in [0.15, 0.2) is 6.04 Å². The molecule has 5 nitrogen and oxygen atoms in total. The topological polar surface area (TPSA) is 54.3 Å². The maximum absolute atomic E-state index is 12.1. The highest BCUT2D eigenvalue weighted by molar-refractivity contribution is 8.00. The van der Waals surface area contributed by atoms with Crippen molar-refractivity contribution in [3.05, 3.63) is 42.7 Å². The van der Waals surface area contributed by atoms with Gasteiger partial charge in [-0.1, -0.05) is 18.2 Å². The minimum atomic E-state index is -0.467. The smallest absolute Gasteiger partial charge is 0.331 e. The van der Waals surface area contributed by atoms with E-state index in [2.05, 4.69) is 27.0 Å². The van der Waals surface area contributed by atoms with Crippen LogP contribution in [0.1, 0.15) is 13.3 Å². The van der Waals surface area contributed by atoms with E-state index in [1.165, 1.54) is 0 Å². The summed E-state index contributed by atoms with van der Waals surface area (Å²) in [7, 11) is 0.